The van der Waals surface area contributed by atoms with Crippen LogP contribution in [0.4, 0.5) is 4.79 Å². The molecule has 0 spiro atoms. The first-order chi connectivity index (χ1) is 20.0. The maximum absolute atomic E-state index is 13.0. The van der Waals surface area contributed by atoms with E-state index in [1.165, 1.54) is 6.92 Å². The van der Waals surface area contributed by atoms with Gasteiger partial charge in [-0.05, 0) is 36.8 Å². The Bertz CT molecular complexity index is 1220. The van der Waals surface area contributed by atoms with Gasteiger partial charge < -0.3 is 31.7 Å². The van der Waals surface area contributed by atoms with E-state index in [2.05, 4.69) is 26.6 Å². The van der Waals surface area contributed by atoms with Gasteiger partial charge in [0.05, 0.1) is 12.6 Å². The van der Waals surface area contributed by atoms with E-state index in [9.17, 15) is 28.8 Å². The van der Waals surface area contributed by atoms with Gasteiger partial charge >= 0.3 is 6.09 Å². The van der Waals surface area contributed by atoms with Gasteiger partial charge in [-0.2, -0.15) is 0 Å². The third kappa shape index (κ3) is 12.2. The van der Waals surface area contributed by atoms with Crippen LogP contribution in [-0.4, -0.2) is 71.8 Å². The van der Waals surface area contributed by atoms with Crippen molar-refractivity contribution in [3.8, 4) is 0 Å². The number of amides is 5. The SMILES string of the molecule is CC(C)CC(NC(=O)O)C(=O)NC(C)C(=O)C(=O)NCC(=O)NC(Cc1ccccc1)C(=O)NCCc1ccccc1. The molecule has 0 saturated heterocycles. The molecule has 0 fully saturated rings. The molecule has 0 bridgehead atoms. The van der Waals surface area contributed by atoms with Crippen molar-refractivity contribution in [1.82, 2.24) is 26.6 Å². The Morgan fingerprint density at radius 3 is 1.88 bits per heavy atom. The molecule has 2 rings (SSSR count). The largest absolute Gasteiger partial charge is 0.465 e. The van der Waals surface area contributed by atoms with Gasteiger partial charge in [0.25, 0.3) is 5.91 Å². The number of carbonyl (C=O) groups is 6. The monoisotopic (exact) mass is 581 g/mol. The number of benzene rings is 2. The molecule has 0 aromatic heterocycles. The predicted octanol–water partition coefficient (Wildman–Crippen LogP) is 0.945. The number of hydrogen-bond donors (Lipinski definition) is 6. The summed E-state index contributed by atoms with van der Waals surface area (Å²) in [6.45, 7) is 4.66. The Morgan fingerprint density at radius 1 is 0.714 bits per heavy atom. The Labute approximate surface area is 245 Å². The topological polar surface area (TPSA) is 183 Å². The van der Waals surface area contributed by atoms with E-state index < -0.39 is 60.2 Å². The number of ketones is 1. The molecule has 3 unspecified atom stereocenters. The normalized spacial score (nSPS) is 12.8. The number of rotatable bonds is 16. The Balaban J connectivity index is 1.92. The molecule has 0 saturated carbocycles. The third-order valence-corrected chi connectivity index (χ3v) is 6.20. The summed E-state index contributed by atoms with van der Waals surface area (Å²) >= 11 is 0. The van der Waals surface area contributed by atoms with Crippen LogP contribution < -0.4 is 26.6 Å². The van der Waals surface area contributed by atoms with Crippen molar-refractivity contribution < 1.29 is 33.9 Å². The Kier molecular flexibility index (Phi) is 13.7. The van der Waals surface area contributed by atoms with Crippen LogP contribution in [0.2, 0.25) is 0 Å². The molecule has 0 heterocycles. The fraction of sp³-hybridized carbons (Fsp3) is 0.400. The van der Waals surface area contributed by atoms with Crippen molar-refractivity contribution in [2.45, 2.75) is 58.2 Å². The maximum Gasteiger partial charge on any atom is 0.405 e. The van der Waals surface area contributed by atoms with E-state index in [-0.39, 0.29) is 18.8 Å². The summed E-state index contributed by atoms with van der Waals surface area (Å²) in [6, 6.07) is 15.4. The van der Waals surface area contributed by atoms with Gasteiger partial charge in [-0.3, -0.25) is 24.0 Å². The minimum absolute atomic E-state index is 0.0166. The van der Waals surface area contributed by atoms with Crippen LogP contribution in [0.3, 0.4) is 0 Å². The lowest BCUT2D eigenvalue weighted by atomic mass is 10.0. The average Bonchev–Trinajstić information content (AvgIpc) is 2.95. The first-order valence-electron chi connectivity index (χ1n) is 13.7. The molecule has 2 aromatic rings. The van der Waals surface area contributed by atoms with E-state index in [0.29, 0.717) is 13.0 Å². The van der Waals surface area contributed by atoms with Crippen molar-refractivity contribution >= 4 is 35.5 Å². The highest BCUT2D eigenvalue weighted by atomic mass is 16.4. The molecule has 226 valence electrons. The zero-order valence-electron chi connectivity index (χ0n) is 24.0. The fourth-order valence-electron chi connectivity index (χ4n) is 4.08. The van der Waals surface area contributed by atoms with Gasteiger partial charge in [-0.1, -0.05) is 74.5 Å². The van der Waals surface area contributed by atoms with Crippen LogP contribution in [0.15, 0.2) is 60.7 Å². The predicted molar refractivity (Wildman–Crippen MR) is 155 cm³/mol. The van der Waals surface area contributed by atoms with Crippen LogP contribution in [-0.2, 0) is 36.8 Å². The summed E-state index contributed by atoms with van der Waals surface area (Å²) in [5, 5.41) is 21.1. The van der Waals surface area contributed by atoms with E-state index in [1.54, 1.807) is 13.8 Å². The van der Waals surface area contributed by atoms with E-state index in [0.717, 1.165) is 11.1 Å². The molecule has 42 heavy (non-hydrogen) atoms. The first-order valence-corrected chi connectivity index (χ1v) is 13.7. The second kappa shape index (κ2) is 17.2. The van der Waals surface area contributed by atoms with E-state index >= 15 is 0 Å². The molecule has 0 aliphatic carbocycles. The van der Waals surface area contributed by atoms with Crippen LogP contribution >= 0.6 is 0 Å². The van der Waals surface area contributed by atoms with Gasteiger partial charge in [-0.25, -0.2) is 4.79 Å². The lowest BCUT2D eigenvalue weighted by Gasteiger charge is -2.21. The van der Waals surface area contributed by atoms with Gasteiger partial charge in [0, 0.05) is 13.0 Å². The number of hydrogen-bond acceptors (Lipinski definition) is 6. The highest BCUT2D eigenvalue weighted by molar-refractivity contribution is 6.38. The molecule has 5 amide bonds. The molecule has 12 heteroatoms. The summed E-state index contributed by atoms with van der Waals surface area (Å²) in [5.41, 5.74) is 1.87. The van der Waals surface area contributed by atoms with Crippen LogP contribution in [0, 0.1) is 5.92 Å². The van der Waals surface area contributed by atoms with Crippen molar-refractivity contribution in [1.29, 1.82) is 0 Å². The second-order valence-electron chi connectivity index (χ2n) is 10.2. The molecular weight excluding hydrogens is 542 g/mol. The lowest BCUT2D eigenvalue weighted by Crippen LogP contribution is -2.54. The van der Waals surface area contributed by atoms with E-state index in [1.807, 2.05) is 60.7 Å². The van der Waals surface area contributed by atoms with Gasteiger partial charge in [0.1, 0.15) is 12.1 Å². The van der Waals surface area contributed by atoms with Gasteiger partial charge in [0.15, 0.2) is 0 Å². The summed E-state index contributed by atoms with van der Waals surface area (Å²) in [4.78, 5) is 74.0. The third-order valence-electron chi connectivity index (χ3n) is 6.20. The maximum atomic E-state index is 13.0. The number of carbonyl (C=O) groups excluding carboxylic acids is 5. The molecule has 0 aliphatic rings. The summed E-state index contributed by atoms with van der Waals surface area (Å²) < 4.78 is 0. The van der Waals surface area contributed by atoms with Crippen LogP contribution in [0.5, 0.6) is 0 Å². The molecule has 6 N–H and O–H groups in total. The quantitative estimate of drug-likeness (QED) is 0.159. The zero-order chi connectivity index (χ0) is 31.1. The van der Waals surface area contributed by atoms with Gasteiger partial charge in [-0.15, -0.1) is 0 Å². The zero-order valence-corrected chi connectivity index (χ0v) is 24.0. The minimum Gasteiger partial charge on any atom is -0.465 e. The molecule has 0 radical (unpaired) electrons. The second-order valence-corrected chi connectivity index (χ2v) is 10.2. The number of carboxylic acid groups (broad SMARTS) is 1. The van der Waals surface area contributed by atoms with Crippen LogP contribution in [0.25, 0.3) is 0 Å². The van der Waals surface area contributed by atoms with Crippen molar-refractivity contribution in [3.05, 3.63) is 71.8 Å². The smallest absolute Gasteiger partial charge is 0.405 e. The van der Waals surface area contributed by atoms with Crippen molar-refractivity contribution in [2.24, 2.45) is 5.92 Å². The molecule has 2 aromatic carbocycles. The van der Waals surface area contributed by atoms with Crippen molar-refractivity contribution in [2.75, 3.05) is 13.1 Å². The average molecular weight is 582 g/mol. The lowest BCUT2D eigenvalue weighted by molar-refractivity contribution is -0.140. The molecule has 3 atom stereocenters. The van der Waals surface area contributed by atoms with Gasteiger partial charge in [0.2, 0.25) is 23.5 Å². The van der Waals surface area contributed by atoms with E-state index in [4.69, 9.17) is 5.11 Å². The summed E-state index contributed by atoms with van der Waals surface area (Å²) in [5.74, 6) is -3.98. The highest BCUT2D eigenvalue weighted by Gasteiger charge is 2.28. The summed E-state index contributed by atoms with van der Waals surface area (Å²) in [7, 11) is 0. The van der Waals surface area contributed by atoms with Crippen molar-refractivity contribution in [3.63, 3.8) is 0 Å². The molecular formula is C30H39N5O7. The first kappa shape index (κ1) is 33.5. The number of nitrogens with one attached hydrogen (secondary N) is 5. The Morgan fingerprint density at radius 2 is 1.31 bits per heavy atom. The van der Waals surface area contributed by atoms with Crippen LogP contribution in [0.1, 0.15) is 38.3 Å². The standard InChI is InChI=1S/C30H39N5O7/c1-19(2)16-23(35-30(41)42)28(39)33-20(3)26(37)29(40)32-18-25(36)34-24(17-22-12-8-5-9-13-22)27(38)31-15-14-21-10-6-4-7-11-21/h4-13,19-20,23-24,35H,14-18H2,1-3H3,(H,31,38)(H,32,40)(H,33,39)(H,34,36)(H,41,42). The molecule has 12 nitrogen and oxygen atoms in total. The Hall–Kier alpha value is -4.74. The molecule has 0 aliphatic heterocycles. The number of Topliss-reactive ketones (excluding diaryl/α,β-unsaturated/α-hetero) is 1. The fourth-order valence-corrected chi connectivity index (χ4v) is 4.08. The summed E-state index contributed by atoms with van der Waals surface area (Å²) in [6.07, 6.45) is -0.387. The highest BCUT2D eigenvalue weighted by Crippen LogP contribution is 2.06. The minimum atomic E-state index is -1.39.